The van der Waals surface area contributed by atoms with Crippen molar-refractivity contribution in [2.75, 3.05) is 0 Å². The Bertz CT molecular complexity index is 166. The molecule has 0 aromatic carbocycles. The molecule has 1 N–H and O–H groups in total. The van der Waals surface area contributed by atoms with Gasteiger partial charge in [0.15, 0.2) is 0 Å². The maximum absolute atomic E-state index is 11.2. The van der Waals surface area contributed by atoms with Gasteiger partial charge in [0.1, 0.15) is 0 Å². The normalized spacial score (nSPS) is 10.8. The number of thiol groups is 1. The zero-order chi connectivity index (χ0) is 8.36. The fourth-order valence-corrected chi connectivity index (χ4v) is 0.270. The van der Waals surface area contributed by atoms with Gasteiger partial charge in [-0.25, -0.2) is 0 Å². The predicted molar refractivity (Wildman–Crippen MR) is 28.6 cm³/mol. The van der Waals surface area contributed by atoms with Crippen LogP contribution >= 0.6 is 12.6 Å². The van der Waals surface area contributed by atoms with Gasteiger partial charge in [-0.2, -0.15) is 13.2 Å². The molecule has 0 saturated heterocycles. The number of amides is 2. The highest BCUT2D eigenvalue weighted by Gasteiger charge is 2.39. The topological polar surface area (TPSA) is 46.2 Å². The van der Waals surface area contributed by atoms with Crippen LogP contribution in [-0.4, -0.2) is 17.3 Å². The van der Waals surface area contributed by atoms with E-state index in [-0.39, 0.29) is 0 Å². The highest BCUT2D eigenvalue weighted by Crippen LogP contribution is 2.13. The molecule has 0 aliphatic heterocycles. The zero-order valence-corrected chi connectivity index (χ0v) is 5.29. The van der Waals surface area contributed by atoms with Crippen molar-refractivity contribution in [3.63, 3.8) is 0 Å². The lowest BCUT2D eigenvalue weighted by Crippen LogP contribution is -2.38. The van der Waals surface area contributed by atoms with E-state index in [4.69, 9.17) is 0 Å². The first-order valence-electron chi connectivity index (χ1n) is 1.95. The Kier molecular flexibility index (Phi) is 2.70. The van der Waals surface area contributed by atoms with Crippen LogP contribution in [0, 0.1) is 0 Å². The molecule has 0 aliphatic carbocycles. The number of imide groups is 1. The fourth-order valence-electron chi connectivity index (χ4n) is 0.168. The van der Waals surface area contributed by atoms with Crippen LogP contribution in [0.3, 0.4) is 0 Å². The predicted octanol–water partition coefficient (Wildman–Crippen LogP) is 0.715. The van der Waals surface area contributed by atoms with E-state index >= 15 is 0 Å². The Morgan fingerprint density at radius 3 is 1.80 bits per heavy atom. The summed E-state index contributed by atoms with van der Waals surface area (Å²) in [6.07, 6.45) is -5.03. The quantitative estimate of drug-likeness (QED) is 0.530. The smallest absolute Gasteiger partial charge is 0.279 e. The van der Waals surface area contributed by atoms with Crippen LogP contribution in [0.15, 0.2) is 0 Å². The second-order valence-electron chi connectivity index (χ2n) is 1.26. The minimum Gasteiger partial charge on any atom is -0.279 e. The Balaban J connectivity index is 3.99. The second-order valence-corrected chi connectivity index (χ2v) is 1.66. The van der Waals surface area contributed by atoms with Crippen LogP contribution in [0.2, 0.25) is 0 Å². The first kappa shape index (κ1) is 9.28. The summed E-state index contributed by atoms with van der Waals surface area (Å²) in [6.45, 7) is 0. The average molecular weight is 173 g/mol. The molecular weight excluding hydrogens is 171 g/mol. The minimum atomic E-state index is -5.03. The van der Waals surface area contributed by atoms with Crippen molar-refractivity contribution in [1.82, 2.24) is 5.32 Å². The van der Waals surface area contributed by atoms with Crippen LogP contribution in [0.5, 0.6) is 0 Å². The minimum absolute atomic E-state index is 0.944. The molecule has 2 amide bonds. The molecule has 0 fully saturated rings. The van der Waals surface area contributed by atoms with Crippen molar-refractivity contribution in [1.29, 1.82) is 0 Å². The van der Waals surface area contributed by atoms with E-state index in [1.165, 1.54) is 0 Å². The maximum atomic E-state index is 11.2. The molecule has 0 aromatic rings. The number of carbonyl (C=O) groups excluding carboxylic acids is 2. The number of rotatable bonds is 0. The summed E-state index contributed by atoms with van der Waals surface area (Å²) in [4.78, 5) is 19.5. The van der Waals surface area contributed by atoms with Crippen molar-refractivity contribution >= 4 is 23.8 Å². The molecule has 0 aromatic heterocycles. The van der Waals surface area contributed by atoms with Crippen LogP contribution in [0.25, 0.3) is 0 Å². The summed E-state index contributed by atoms with van der Waals surface area (Å²) < 4.78 is 33.6. The summed E-state index contributed by atoms with van der Waals surface area (Å²) in [7, 11) is 0. The van der Waals surface area contributed by atoms with Gasteiger partial charge in [0.2, 0.25) is 0 Å². The third kappa shape index (κ3) is 3.33. The summed E-state index contributed by atoms with van der Waals surface area (Å²) in [6, 6.07) is 0. The maximum Gasteiger partial charge on any atom is 0.471 e. The third-order valence-electron chi connectivity index (χ3n) is 0.478. The van der Waals surface area contributed by atoms with Crippen molar-refractivity contribution in [3.8, 4) is 0 Å². The lowest BCUT2D eigenvalue weighted by Gasteiger charge is -2.02. The van der Waals surface area contributed by atoms with Crippen molar-refractivity contribution in [2.24, 2.45) is 0 Å². The molecule has 0 rings (SSSR count). The second kappa shape index (κ2) is 2.91. The fraction of sp³-hybridized carbons (Fsp3) is 0.333. The van der Waals surface area contributed by atoms with Crippen LogP contribution in [0.1, 0.15) is 0 Å². The largest absolute Gasteiger partial charge is 0.471 e. The number of halogens is 3. The molecule has 0 bridgehead atoms. The number of nitrogens with one attached hydrogen (secondary N) is 1. The van der Waals surface area contributed by atoms with E-state index in [0.717, 1.165) is 5.32 Å². The number of carbonyl (C=O) groups is 2. The number of hydrogen-bond acceptors (Lipinski definition) is 2. The van der Waals surface area contributed by atoms with E-state index in [2.05, 4.69) is 12.6 Å². The molecule has 0 radical (unpaired) electrons. The lowest BCUT2D eigenvalue weighted by molar-refractivity contribution is -0.172. The molecule has 3 nitrogen and oxygen atoms in total. The molecule has 7 heteroatoms. The molecule has 58 valence electrons. The van der Waals surface area contributed by atoms with Crippen molar-refractivity contribution < 1.29 is 22.8 Å². The molecular formula is C3H2F3NO2S. The molecule has 0 unspecified atom stereocenters. The Morgan fingerprint density at radius 1 is 1.30 bits per heavy atom. The van der Waals surface area contributed by atoms with E-state index in [1.54, 1.807) is 0 Å². The van der Waals surface area contributed by atoms with E-state index in [9.17, 15) is 22.8 Å². The van der Waals surface area contributed by atoms with E-state index in [1.807, 2.05) is 0 Å². The molecule has 0 spiro atoms. The van der Waals surface area contributed by atoms with Crippen LogP contribution < -0.4 is 5.32 Å². The van der Waals surface area contributed by atoms with Gasteiger partial charge in [0.25, 0.3) is 5.24 Å². The molecule has 0 aliphatic rings. The molecule has 10 heavy (non-hydrogen) atoms. The standard InChI is InChI=1S/C3H2F3NO2S/c4-3(5,6)1(8)7-2(9)10/h(H2,7,8,9,10). The summed E-state index contributed by atoms with van der Waals surface area (Å²) in [5, 5.41) is -0.387. The first-order chi connectivity index (χ1) is 4.34. The van der Waals surface area contributed by atoms with Crippen molar-refractivity contribution in [2.45, 2.75) is 6.18 Å². The Labute approximate surface area is 59.0 Å². The lowest BCUT2D eigenvalue weighted by atomic mass is 10.6. The van der Waals surface area contributed by atoms with Gasteiger partial charge < -0.3 is 0 Å². The van der Waals surface area contributed by atoms with E-state index < -0.39 is 17.3 Å². The summed E-state index contributed by atoms with van der Waals surface area (Å²) in [5.41, 5.74) is 0. The molecule has 0 saturated carbocycles. The monoisotopic (exact) mass is 173 g/mol. The average Bonchev–Trinajstić information content (AvgIpc) is 1.60. The Hall–Kier alpha value is -0.720. The van der Waals surface area contributed by atoms with Gasteiger partial charge in [0, 0.05) is 0 Å². The molecule has 0 atom stereocenters. The van der Waals surface area contributed by atoms with Gasteiger partial charge in [-0.3, -0.25) is 14.9 Å². The van der Waals surface area contributed by atoms with Crippen LogP contribution in [-0.2, 0) is 4.79 Å². The van der Waals surface area contributed by atoms with Gasteiger partial charge >= 0.3 is 12.1 Å². The third-order valence-corrected chi connectivity index (χ3v) is 0.590. The zero-order valence-electron chi connectivity index (χ0n) is 4.40. The van der Waals surface area contributed by atoms with Gasteiger partial charge in [0.05, 0.1) is 0 Å². The van der Waals surface area contributed by atoms with Gasteiger partial charge in [-0.1, -0.05) is 12.6 Å². The SMILES string of the molecule is O=C(S)NC(=O)C(F)(F)F. The Morgan fingerprint density at radius 2 is 1.70 bits per heavy atom. The first-order valence-corrected chi connectivity index (χ1v) is 2.40. The number of alkyl halides is 3. The summed E-state index contributed by atoms with van der Waals surface area (Å²) in [5.74, 6) is -2.31. The molecule has 0 heterocycles. The van der Waals surface area contributed by atoms with Gasteiger partial charge in [-0.15, -0.1) is 0 Å². The summed E-state index contributed by atoms with van der Waals surface area (Å²) >= 11 is 2.90. The van der Waals surface area contributed by atoms with E-state index in [0.29, 0.717) is 0 Å². The van der Waals surface area contributed by atoms with Crippen LogP contribution in [0.4, 0.5) is 18.0 Å². The van der Waals surface area contributed by atoms with Gasteiger partial charge in [-0.05, 0) is 0 Å². The highest BCUT2D eigenvalue weighted by atomic mass is 32.1. The van der Waals surface area contributed by atoms with Crippen molar-refractivity contribution in [3.05, 3.63) is 0 Å². The number of hydrogen-bond donors (Lipinski definition) is 2. The highest BCUT2D eigenvalue weighted by molar-refractivity contribution is 7.96.